The van der Waals surface area contributed by atoms with Gasteiger partial charge in [-0.3, -0.25) is 0 Å². The zero-order valence-electron chi connectivity index (χ0n) is 8.15. The monoisotopic (exact) mass is 209 g/mol. The molecule has 0 spiro atoms. The van der Waals surface area contributed by atoms with Gasteiger partial charge in [0.05, 0.1) is 5.71 Å². The van der Waals surface area contributed by atoms with E-state index in [1.54, 1.807) is 0 Å². The molecule has 0 bridgehead atoms. The summed E-state index contributed by atoms with van der Waals surface area (Å²) in [5, 5.41) is 21.5. The van der Waals surface area contributed by atoms with Crippen molar-refractivity contribution in [1.29, 1.82) is 0 Å². The minimum Gasteiger partial charge on any atom is -0.507 e. The molecule has 1 aliphatic carbocycles. The first kappa shape index (κ1) is 9.96. The van der Waals surface area contributed by atoms with Gasteiger partial charge in [0.2, 0.25) is 0 Å². The van der Waals surface area contributed by atoms with Crippen LogP contribution in [-0.4, -0.2) is 16.0 Å². The first-order valence-corrected chi connectivity index (χ1v) is 4.90. The number of oxime groups is 1. The van der Waals surface area contributed by atoms with Gasteiger partial charge in [-0.1, -0.05) is 5.16 Å². The van der Waals surface area contributed by atoms with Crippen molar-refractivity contribution in [3.05, 3.63) is 29.6 Å². The fraction of sp³-hybridized carbons (Fsp3) is 0.364. The second-order valence-corrected chi connectivity index (χ2v) is 3.86. The van der Waals surface area contributed by atoms with Crippen LogP contribution >= 0.6 is 0 Å². The lowest BCUT2D eigenvalue weighted by molar-refractivity contribution is 0.317. The van der Waals surface area contributed by atoms with Crippen LogP contribution in [0.25, 0.3) is 0 Å². The average Bonchev–Trinajstić information content (AvgIpc) is 3.02. The second-order valence-electron chi connectivity index (χ2n) is 3.86. The van der Waals surface area contributed by atoms with Gasteiger partial charge in [0.15, 0.2) is 0 Å². The van der Waals surface area contributed by atoms with Crippen LogP contribution in [0.1, 0.15) is 24.8 Å². The Bertz CT molecular complexity index is 400. The van der Waals surface area contributed by atoms with E-state index in [0.29, 0.717) is 18.1 Å². The zero-order chi connectivity index (χ0) is 10.8. The molecule has 15 heavy (non-hydrogen) atoms. The number of aromatic hydroxyl groups is 1. The molecule has 0 radical (unpaired) electrons. The Hall–Kier alpha value is -1.58. The van der Waals surface area contributed by atoms with Crippen LogP contribution in [-0.2, 0) is 0 Å². The van der Waals surface area contributed by atoms with Crippen LogP contribution in [0.4, 0.5) is 4.39 Å². The Kier molecular flexibility index (Phi) is 2.58. The maximum Gasteiger partial charge on any atom is 0.124 e. The molecule has 1 fully saturated rings. The van der Waals surface area contributed by atoms with Crippen LogP contribution < -0.4 is 0 Å². The molecule has 0 unspecified atom stereocenters. The highest BCUT2D eigenvalue weighted by molar-refractivity contribution is 6.02. The van der Waals surface area contributed by atoms with Crippen molar-refractivity contribution >= 4 is 5.71 Å². The zero-order valence-corrected chi connectivity index (χ0v) is 8.15. The van der Waals surface area contributed by atoms with Crippen LogP contribution in [0.3, 0.4) is 0 Å². The molecule has 0 aliphatic heterocycles. The van der Waals surface area contributed by atoms with Crippen molar-refractivity contribution < 1.29 is 14.7 Å². The topological polar surface area (TPSA) is 52.8 Å². The summed E-state index contributed by atoms with van der Waals surface area (Å²) >= 11 is 0. The summed E-state index contributed by atoms with van der Waals surface area (Å²) in [6, 6.07) is 3.63. The van der Waals surface area contributed by atoms with Crippen molar-refractivity contribution in [2.45, 2.75) is 19.3 Å². The van der Waals surface area contributed by atoms with Crippen LogP contribution in [0, 0.1) is 11.7 Å². The van der Waals surface area contributed by atoms with Gasteiger partial charge in [-0.15, -0.1) is 0 Å². The van der Waals surface area contributed by atoms with E-state index in [4.69, 9.17) is 5.21 Å². The maximum atomic E-state index is 12.9. The third-order valence-electron chi connectivity index (χ3n) is 2.57. The molecule has 0 heterocycles. The van der Waals surface area contributed by atoms with Gasteiger partial charge < -0.3 is 10.3 Å². The first-order valence-electron chi connectivity index (χ1n) is 4.90. The Morgan fingerprint density at radius 2 is 2.20 bits per heavy atom. The predicted molar refractivity (Wildman–Crippen MR) is 53.7 cm³/mol. The second kappa shape index (κ2) is 3.88. The Morgan fingerprint density at radius 3 is 2.80 bits per heavy atom. The molecule has 1 aromatic carbocycles. The Labute approximate surface area is 86.9 Å². The minimum absolute atomic E-state index is 0.0511. The summed E-state index contributed by atoms with van der Waals surface area (Å²) in [5.41, 5.74) is 0.638. The minimum atomic E-state index is -0.445. The number of halogens is 1. The van der Waals surface area contributed by atoms with Gasteiger partial charge >= 0.3 is 0 Å². The first-order chi connectivity index (χ1) is 7.20. The molecule has 1 aliphatic rings. The number of nitrogens with zero attached hydrogens (tertiary/aromatic N) is 1. The molecule has 3 nitrogen and oxygen atoms in total. The average molecular weight is 209 g/mol. The summed E-state index contributed by atoms with van der Waals surface area (Å²) in [7, 11) is 0. The molecule has 0 saturated heterocycles. The molecular weight excluding hydrogens is 197 g/mol. The third-order valence-corrected chi connectivity index (χ3v) is 2.57. The molecule has 1 aromatic rings. The number of phenols is 1. The normalized spacial score (nSPS) is 16.7. The molecule has 80 valence electrons. The van der Waals surface area contributed by atoms with Crippen molar-refractivity contribution in [3.8, 4) is 5.75 Å². The Morgan fingerprint density at radius 1 is 1.47 bits per heavy atom. The summed E-state index contributed by atoms with van der Waals surface area (Å²) in [6.07, 6.45) is 2.80. The highest BCUT2D eigenvalue weighted by Gasteiger charge is 2.25. The van der Waals surface area contributed by atoms with Crippen LogP contribution in [0.5, 0.6) is 5.75 Å². The standard InChI is InChI=1S/C11H12FNO2/c12-8-3-4-11(14)9(6-8)10(13-15)5-7-1-2-7/h3-4,6-7,14-15H,1-2,5H2. The van der Waals surface area contributed by atoms with Crippen LogP contribution in [0.15, 0.2) is 23.4 Å². The molecular formula is C11H12FNO2. The lowest BCUT2D eigenvalue weighted by Gasteiger charge is -2.06. The molecule has 0 atom stereocenters. The predicted octanol–water partition coefficient (Wildman–Crippen LogP) is 2.51. The molecule has 2 N–H and O–H groups in total. The van der Waals surface area contributed by atoms with E-state index in [-0.39, 0.29) is 11.3 Å². The van der Waals surface area contributed by atoms with Crippen molar-refractivity contribution in [2.75, 3.05) is 0 Å². The number of phenolic OH excluding ortho intramolecular Hbond substituents is 1. The lowest BCUT2D eigenvalue weighted by Crippen LogP contribution is -2.03. The van der Waals surface area contributed by atoms with E-state index in [1.807, 2.05) is 0 Å². The van der Waals surface area contributed by atoms with E-state index < -0.39 is 5.82 Å². The summed E-state index contributed by atoms with van der Waals surface area (Å²) < 4.78 is 12.9. The van der Waals surface area contributed by atoms with E-state index in [0.717, 1.165) is 12.8 Å². The van der Waals surface area contributed by atoms with Crippen molar-refractivity contribution in [3.63, 3.8) is 0 Å². The lowest BCUT2D eigenvalue weighted by atomic mass is 10.0. The maximum absolute atomic E-state index is 12.9. The molecule has 2 rings (SSSR count). The summed E-state index contributed by atoms with van der Waals surface area (Å²) in [5.74, 6) is 0.0168. The number of rotatable bonds is 3. The van der Waals surface area contributed by atoms with Crippen molar-refractivity contribution in [2.24, 2.45) is 11.1 Å². The number of hydrogen-bond acceptors (Lipinski definition) is 3. The van der Waals surface area contributed by atoms with Gasteiger partial charge in [-0.25, -0.2) is 4.39 Å². The highest BCUT2D eigenvalue weighted by atomic mass is 19.1. The summed E-state index contributed by atoms with van der Waals surface area (Å²) in [6.45, 7) is 0. The van der Waals surface area contributed by atoms with E-state index in [2.05, 4.69) is 5.16 Å². The number of hydrogen-bond donors (Lipinski definition) is 2. The van der Waals surface area contributed by atoms with Gasteiger partial charge in [0, 0.05) is 5.56 Å². The molecule has 1 saturated carbocycles. The van der Waals surface area contributed by atoms with Crippen molar-refractivity contribution in [1.82, 2.24) is 0 Å². The van der Waals surface area contributed by atoms with E-state index in [1.165, 1.54) is 18.2 Å². The smallest absolute Gasteiger partial charge is 0.124 e. The largest absolute Gasteiger partial charge is 0.507 e. The molecule has 0 amide bonds. The molecule has 4 heteroatoms. The van der Waals surface area contributed by atoms with E-state index >= 15 is 0 Å². The van der Waals surface area contributed by atoms with Gasteiger partial charge in [-0.2, -0.15) is 0 Å². The van der Waals surface area contributed by atoms with Crippen LogP contribution in [0.2, 0.25) is 0 Å². The third kappa shape index (κ3) is 2.26. The fourth-order valence-corrected chi connectivity index (χ4v) is 1.54. The summed E-state index contributed by atoms with van der Waals surface area (Å²) in [4.78, 5) is 0. The van der Waals surface area contributed by atoms with Gasteiger partial charge in [-0.05, 0) is 43.4 Å². The molecule has 0 aromatic heterocycles. The van der Waals surface area contributed by atoms with Gasteiger partial charge in [0.25, 0.3) is 0 Å². The van der Waals surface area contributed by atoms with E-state index in [9.17, 15) is 9.50 Å². The number of benzene rings is 1. The Balaban J connectivity index is 2.28. The fourth-order valence-electron chi connectivity index (χ4n) is 1.54. The quantitative estimate of drug-likeness (QED) is 0.456. The SMILES string of the molecule is ON=C(CC1CC1)c1cc(F)ccc1O. The van der Waals surface area contributed by atoms with Gasteiger partial charge in [0.1, 0.15) is 11.6 Å². The highest BCUT2D eigenvalue weighted by Crippen LogP contribution is 2.35.